The van der Waals surface area contributed by atoms with Crippen molar-refractivity contribution in [2.24, 2.45) is 0 Å². The van der Waals surface area contributed by atoms with E-state index in [0.717, 1.165) is 44.5 Å². The summed E-state index contributed by atoms with van der Waals surface area (Å²) in [6.07, 6.45) is 7.30. The second-order valence-corrected chi connectivity index (χ2v) is 10.2. The Labute approximate surface area is 220 Å². The first-order valence-corrected chi connectivity index (χ1v) is 13.1. The van der Waals surface area contributed by atoms with Crippen molar-refractivity contribution in [1.29, 1.82) is 0 Å². The van der Waals surface area contributed by atoms with Gasteiger partial charge in [-0.25, -0.2) is 9.97 Å². The van der Waals surface area contributed by atoms with Gasteiger partial charge in [0.2, 0.25) is 5.95 Å². The number of ketones is 1. The maximum absolute atomic E-state index is 13.4. The SMILES string of the molecule is CC(=O)c1c(C)c2cnc(Nc3ccc(N4CCN(C(C)C(=O)O)CC4)cn3)nc2n(C2CCCC2)c1=O. The molecule has 0 bridgehead atoms. The summed E-state index contributed by atoms with van der Waals surface area (Å²) in [6.45, 7) is 7.71. The molecule has 2 aliphatic rings. The summed E-state index contributed by atoms with van der Waals surface area (Å²) in [4.78, 5) is 54.8. The summed E-state index contributed by atoms with van der Waals surface area (Å²) in [7, 11) is 0. The van der Waals surface area contributed by atoms with E-state index in [9.17, 15) is 19.5 Å². The van der Waals surface area contributed by atoms with Crippen molar-refractivity contribution >= 4 is 40.2 Å². The minimum Gasteiger partial charge on any atom is -0.480 e. The summed E-state index contributed by atoms with van der Waals surface area (Å²) in [5.74, 6) is -0.153. The number of hydrogen-bond donors (Lipinski definition) is 2. The number of anilines is 3. The first kappa shape index (κ1) is 25.8. The molecular formula is C27H33N7O4. The van der Waals surface area contributed by atoms with Crippen LogP contribution < -0.4 is 15.8 Å². The van der Waals surface area contributed by atoms with Crippen LogP contribution in [-0.4, -0.2) is 73.5 Å². The van der Waals surface area contributed by atoms with Crippen LogP contribution >= 0.6 is 0 Å². The van der Waals surface area contributed by atoms with Gasteiger partial charge in [-0.15, -0.1) is 0 Å². The third kappa shape index (κ3) is 4.85. The number of rotatable bonds is 7. The molecule has 0 aromatic carbocycles. The van der Waals surface area contributed by atoms with E-state index < -0.39 is 12.0 Å². The van der Waals surface area contributed by atoms with E-state index in [0.29, 0.717) is 41.5 Å². The normalized spacial score (nSPS) is 17.6. The fraction of sp³-hybridized carbons (Fsp3) is 0.481. The lowest BCUT2D eigenvalue weighted by Crippen LogP contribution is -2.51. The summed E-state index contributed by atoms with van der Waals surface area (Å²) in [5.41, 5.74) is 2.04. The van der Waals surface area contributed by atoms with Crippen LogP contribution in [0.4, 0.5) is 17.5 Å². The topological polar surface area (TPSA) is 134 Å². The molecule has 0 radical (unpaired) electrons. The first-order valence-electron chi connectivity index (χ1n) is 13.1. The monoisotopic (exact) mass is 519 g/mol. The number of aliphatic carboxylic acids is 1. The van der Waals surface area contributed by atoms with Gasteiger partial charge in [-0.3, -0.25) is 23.9 Å². The average molecular weight is 520 g/mol. The third-order valence-electron chi connectivity index (χ3n) is 7.82. The molecule has 2 N–H and O–H groups in total. The molecule has 1 unspecified atom stereocenters. The second-order valence-electron chi connectivity index (χ2n) is 10.2. The molecule has 1 aliphatic heterocycles. The Morgan fingerprint density at radius 2 is 1.79 bits per heavy atom. The molecule has 1 atom stereocenters. The number of carboxylic acids is 1. The highest BCUT2D eigenvalue weighted by Gasteiger charge is 2.27. The van der Waals surface area contributed by atoms with Crippen molar-refractivity contribution in [2.75, 3.05) is 36.4 Å². The number of fused-ring (bicyclic) bond motifs is 1. The van der Waals surface area contributed by atoms with Crippen LogP contribution in [0, 0.1) is 6.92 Å². The van der Waals surface area contributed by atoms with Gasteiger partial charge in [0, 0.05) is 43.8 Å². The van der Waals surface area contributed by atoms with Gasteiger partial charge in [0.1, 0.15) is 17.5 Å². The van der Waals surface area contributed by atoms with E-state index in [2.05, 4.69) is 20.2 Å². The maximum atomic E-state index is 13.4. The van der Waals surface area contributed by atoms with Crippen molar-refractivity contribution in [3.8, 4) is 0 Å². The molecule has 3 aromatic heterocycles. The Hall–Kier alpha value is -3.86. The summed E-state index contributed by atoms with van der Waals surface area (Å²) >= 11 is 0. The van der Waals surface area contributed by atoms with E-state index in [1.54, 1.807) is 30.8 Å². The van der Waals surface area contributed by atoms with Crippen LogP contribution in [0.15, 0.2) is 29.3 Å². The Balaban J connectivity index is 1.38. The molecular weight excluding hydrogens is 486 g/mol. The van der Waals surface area contributed by atoms with Crippen LogP contribution in [0.3, 0.4) is 0 Å². The van der Waals surface area contributed by atoms with Crippen LogP contribution in [0.1, 0.15) is 61.5 Å². The standard InChI is InChI=1S/C27H33N7O4/c1-16-21-15-29-27(31-24(21)34(19-6-4-5-7-19)25(36)23(16)18(3)35)30-22-9-8-20(14-28-22)33-12-10-32(11-13-33)17(2)26(37)38/h8-9,14-15,17,19H,4-7,10-13H2,1-3H3,(H,37,38)(H,28,29,30,31). The minimum absolute atomic E-state index is 0.0165. The number of nitrogens with one attached hydrogen (secondary N) is 1. The van der Waals surface area contributed by atoms with E-state index in [1.165, 1.54) is 6.92 Å². The molecule has 200 valence electrons. The molecule has 0 amide bonds. The van der Waals surface area contributed by atoms with Crippen molar-refractivity contribution in [3.05, 3.63) is 46.0 Å². The van der Waals surface area contributed by atoms with Gasteiger partial charge >= 0.3 is 5.97 Å². The molecule has 2 fully saturated rings. The van der Waals surface area contributed by atoms with Gasteiger partial charge in [-0.2, -0.15) is 4.98 Å². The van der Waals surface area contributed by atoms with Crippen LogP contribution in [0.5, 0.6) is 0 Å². The number of carboxylic acid groups (broad SMARTS) is 1. The van der Waals surface area contributed by atoms with E-state index >= 15 is 0 Å². The number of carbonyl (C=O) groups excluding carboxylic acids is 1. The van der Waals surface area contributed by atoms with E-state index in [-0.39, 0.29) is 22.9 Å². The largest absolute Gasteiger partial charge is 0.480 e. The summed E-state index contributed by atoms with van der Waals surface area (Å²) < 4.78 is 1.69. The fourth-order valence-corrected chi connectivity index (χ4v) is 5.59. The summed E-state index contributed by atoms with van der Waals surface area (Å²) in [6, 6.07) is 3.34. The van der Waals surface area contributed by atoms with Gasteiger partial charge in [0.05, 0.1) is 17.4 Å². The fourth-order valence-electron chi connectivity index (χ4n) is 5.59. The lowest BCUT2D eigenvalue weighted by atomic mass is 10.0. The van der Waals surface area contributed by atoms with Gasteiger partial charge in [-0.05, 0) is 51.3 Å². The molecule has 1 aliphatic carbocycles. The van der Waals surface area contributed by atoms with Crippen LogP contribution in [0.25, 0.3) is 11.0 Å². The van der Waals surface area contributed by atoms with Crippen molar-refractivity contribution in [1.82, 2.24) is 24.4 Å². The number of nitrogens with zero attached hydrogens (tertiary/aromatic N) is 6. The number of pyridine rings is 2. The van der Waals surface area contributed by atoms with Crippen molar-refractivity contribution in [2.45, 2.75) is 58.5 Å². The van der Waals surface area contributed by atoms with Gasteiger partial charge in [0.15, 0.2) is 5.78 Å². The Morgan fingerprint density at radius 3 is 2.39 bits per heavy atom. The van der Waals surface area contributed by atoms with Gasteiger partial charge in [-0.1, -0.05) is 12.8 Å². The lowest BCUT2D eigenvalue weighted by molar-refractivity contribution is -0.142. The zero-order valence-electron chi connectivity index (χ0n) is 22.0. The number of Topliss-reactive ketones (excluding diaryl/α,β-unsaturated/α-hetero) is 1. The highest BCUT2D eigenvalue weighted by molar-refractivity contribution is 5.99. The highest BCUT2D eigenvalue weighted by Crippen LogP contribution is 2.32. The molecule has 1 saturated heterocycles. The smallest absolute Gasteiger partial charge is 0.320 e. The van der Waals surface area contributed by atoms with E-state index in [4.69, 9.17) is 4.98 Å². The van der Waals surface area contributed by atoms with Gasteiger partial charge < -0.3 is 15.3 Å². The third-order valence-corrected chi connectivity index (χ3v) is 7.82. The first-order chi connectivity index (χ1) is 18.2. The zero-order valence-corrected chi connectivity index (χ0v) is 22.0. The van der Waals surface area contributed by atoms with Crippen LogP contribution in [0.2, 0.25) is 0 Å². The maximum Gasteiger partial charge on any atom is 0.320 e. The van der Waals surface area contributed by atoms with Gasteiger partial charge in [0.25, 0.3) is 5.56 Å². The van der Waals surface area contributed by atoms with Crippen molar-refractivity contribution in [3.63, 3.8) is 0 Å². The minimum atomic E-state index is -0.804. The summed E-state index contributed by atoms with van der Waals surface area (Å²) in [5, 5.41) is 13.1. The Morgan fingerprint density at radius 1 is 1.08 bits per heavy atom. The lowest BCUT2D eigenvalue weighted by Gasteiger charge is -2.37. The molecule has 3 aromatic rings. The quantitative estimate of drug-likeness (QED) is 0.448. The predicted octanol–water partition coefficient (Wildman–Crippen LogP) is 3.15. The molecule has 11 nitrogen and oxygen atoms in total. The number of carbonyl (C=O) groups is 2. The molecule has 38 heavy (non-hydrogen) atoms. The molecule has 4 heterocycles. The number of piperazine rings is 1. The van der Waals surface area contributed by atoms with Crippen molar-refractivity contribution < 1.29 is 14.7 Å². The molecule has 1 saturated carbocycles. The van der Waals surface area contributed by atoms with Crippen LogP contribution in [-0.2, 0) is 4.79 Å². The molecule has 5 rings (SSSR count). The highest BCUT2D eigenvalue weighted by atomic mass is 16.4. The zero-order chi connectivity index (χ0) is 27.0. The second kappa shape index (κ2) is 10.5. The molecule has 11 heteroatoms. The molecule has 0 spiro atoms. The van der Waals surface area contributed by atoms with E-state index in [1.807, 2.05) is 17.0 Å². The number of aryl methyl sites for hydroxylation is 1. The Bertz CT molecular complexity index is 1420. The number of aromatic nitrogens is 4. The Kier molecular flexibility index (Phi) is 7.11. The number of hydrogen-bond acceptors (Lipinski definition) is 9. The average Bonchev–Trinajstić information content (AvgIpc) is 3.43. The predicted molar refractivity (Wildman–Crippen MR) is 144 cm³/mol.